The van der Waals surface area contributed by atoms with E-state index in [1.54, 1.807) is 6.07 Å². The second kappa shape index (κ2) is 6.37. The van der Waals surface area contributed by atoms with Crippen molar-refractivity contribution in [3.63, 3.8) is 0 Å². The normalized spacial score (nSPS) is 10.4. The molecule has 0 saturated carbocycles. The minimum absolute atomic E-state index is 0.347. The van der Waals surface area contributed by atoms with Gasteiger partial charge in [0.1, 0.15) is 0 Å². The summed E-state index contributed by atoms with van der Waals surface area (Å²) >= 11 is 8.78. The molecule has 2 rings (SSSR count). The third-order valence-corrected chi connectivity index (χ3v) is 4.51. The van der Waals surface area contributed by atoms with Crippen molar-refractivity contribution >= 4 is 41.1 Å². The standard InChI is InChI=1S/C14H11ClO2S2/c1-18-11-6-3-7-12(13(11)14(16)17)19-10-5-2-4-9(15)8-10/h2-8H,1H3,(H,16,17). The predicted octanol–water partition coefficient (Wildman–Crippen LogP) is 4.91. The number of carboxylic acids is 1. The van der Waals surface area contributed by atoms with Crippen LogP contribution < -0.4 is 0 Å². The summed E-state index contributed by atoms with van der Waals surface area (Å²) in [5.74, 6) is -0.908. The second-order valence-corrected chi connectivity index (χ2v) is 6.10. The molecule has 0 aliphatic rings. The summed E-state index contributed by atoms with van der Waals surface area (Å²) in [5.41, 5.74) is 0.347. The summed E-state index contributed by atoms with van der Waals surface area (Å²) in [4.78, 5) is 13.8. The number of carbonyl (C=O) groups is 1. The van der Waals surface area contributed by atoms with Crippen molar-refractivity contribution in [1.29, 1.82) is 0 Å². The third-order valence-electron chi connectivity index (χ3n) is 2.45. The molecule has 98 valence electrons. The van der Waals surface area contributed by atoms with Crippen LogP contribution in [0.5, 0.6) is 0 Å². The predicted molar refractivity (Wildman–Crippen MR) is 80.8 cm³/mol. The van der Waals surface area contributed by atoms with Gasteiger partial charge in [-0.15, -0.1) is 11.8 Å². The molecule has 0 aromatic heterocycles. The third kappa shape index (κ3) is 3.47. The number of hydrogen-bond acceptors (Lipinski definition) is 3. The zero-order valence-corrected chi connectivity index (χ0v) is 12.5. The molecule has 1 N–H and O–H groups in total. The Hall–Kier alpha value is -1.10. The Bertz CT molecular complexity index is 614. The van der Waals surface area contributed by atoms with Gasteiger partial charge in [0, 0.05) is 19.7 Å². The number of thioether (sulfide) groups is 1. The lowest BCUT2D eigenvalue weighted by molar-refractivity contribution is 0.0689. The van der Waals surface area contributed by atoms with Crippen LogP contribution in [0.2, 0.25) is 5.02 Å². The second-order valence-electron chi connectivity index (χ2n) is 3.70. The molecule has 0 bridgehead atoms. The lowest BCUT2D eigenvalue weighted by Gasteiger charge is -2.09. The first-order valence-electron chi connectivity index (χ1n) is 5.45. The Labute approximate surface area is 125 Å². The SMILES string of the molecule is CSc1cccc(Sc2cccc(Cl)c2)c1C(=O)O. The van der Waals surface area contributed by atoms with Crippen molar-refractivity contribution in [3.05, 3.63) is 53.1 Å². The molecule has 0 atom stereocenters. The Morgan fingerprint density at radius 3 is 2.47 bits per heavy atom. The van der Waals surface area contributed by atoms with E-state index in [0.717, 1.165) is 14.7 Å². The fourth-order valence-electron chi connectivity index (χ4n) is 1.63. The van der Waals surface area contributed by atoms with Gasteiger partial charge in [-0.2, -0.15) is 0 Å². The molecule has 2 aromatic carbocycles. The van der Waals surface area contributed by atoms with Crippen molar-refractivity contribution in [3.8, 4) is 0 Å². The number of aromatic carboxylic acids is 1. The van der Waals surface area contributed by atoms with E-state index < -0.39 is 5.97 Å². The zero-order valence-electron chi connectivity index (χ0n) is 10.1. The first-order valence-corrected chi connectivity index (χ1v) is 7.87. The van der Waals surface area contributed by atoms with E-state index in [-0.39, 0.29) is 0 Å². The van der Waals surface area contributed by atoms with E-state index in [9.17, 15) is 9.90 Å². The van der Waals surface area contributed by atoms with Crippen molar-refractivity contribution in [2.24, 2.45) is 0 Å². The molecule has 0 radical (unpaired) electrons. The fourth-order valence-corrected chi connectivity index (χ4v) is 3.60. The van der Waals surface area contributed by atoms with Crippen molar-refractivity contribution in [2.45, 2.75) is 14.7 Å². The average molecular weight is 311 g/mol. The van der Waals surface area contributed by atoms with Gasteiger partial charge in [0.25, 0.3) is 0 Å². The Balaban J connectivity index is 2.42. The highest BCUT2D eigenvalue weighted by atomic mass is 35.5. The van der Waals surface area contributed by atoms with E-state index in [0.29, 0.717) is 10.6 Å². The molecule has 0 amide bonds. The highest BCUT2D eigenvalue weighted by Crippen LogP contribution is 2.35. The maximum absolute atomic E-state index is 11.4. The maximum Gasteiger partial charge on any atom is 0.337 e. The van der Waals surface area contributed by atoms with Gasteiger partial charge in [0.2, 0.25) is 0 Å². The molecule has 5 heteroatoms. The largest absolute Gasteiger partial charge is 0.478 e. The molecule has 0 saturated heterocycles. The van der Waals surface area contributed by atoms with Crippen molar-refractivity contribution in [2.75, 3.05) is 6.26 Å². The molecular formula is C14H11ClO2S2. The van der Waals surface area contributed by atoms with Crippen LogP contribution >= 0.6 is 35.1 Å². The van der Waals surface area contributed by atoms with Crippen molar-refractivity contribution < 1.29 is 9.90 Å². The van der Waals surface area contributed by atoms with E-state index >= 15 is 0 Å². The van der Waals surface area contributed by atoms with Crippen LogP contribution in [0.4, 0.5) is 0 Å². The lowest BCUT2D eigenvalue weighted by Crippen LogP contribution is -2.01. The maximum atomic E-state index is 11.4. The number of halogens is 1. The first kappa shape index (κ1) is 14.3. The number of hydrogen-bond donors (Lipinski definition) is 1. The van der Waals surface area contributed by atoms with Gasteiger partial charge in [0.15, 0.2) is 0 Å². The van der Waals surface area contributed by atoms with E-state index in [2.05, 4.69) is 0 Å². The summed E-state index contributed by atoms with van der Waals surface area (Å²) in [6.45, 7) is 0. The highest BCUT2D eigenvalue weighted by molar-refractivity contribution is 8.00. The Kier molecular flexibility index (Phi) is 4.80. The van der Waals surface area contributed by atoms with Crippen LogP contribution in [-0.2, 0) is 0 Å². The molecule has 0 aliphatic heterocycles. The minimum Gasteiger partial charge on any atom is -0.478 e. The van der Waals surface area contributed by atoms with Gasteiger partial charge >= 0.3 is 5.97 Å². The Morgan fingerprint density at radius 2 is 1.84 bits per heavy atom. The summed E-state index contributed by atoms with van der Waals surface area (Å²) in [7, 11) is 0. The van der Waals surface area contributed by atoms with Crippen molar-refractivity contribution in [1.82, 2.24) is 0 Å². The topological polar surface area (TPSA) is 37.3 Å². The molecule has 0 unspecified atom stereocenters. The molecule has 2 aromatic rings. The van der Waals surface area contributed by atoms with Crippen LogP contribution in [0.15, 0.2) is 57.2 Å². The molecule has 19 heavy (non-hydrogen) atoms. The summed E-state index contributed by atoms with van der Waals surface area (Å²) in [6.07, 6.45) is 1.87. The van der Waals surface area contributed by atoms with Gasteiger partial charge in [-0.1, -0.05) is 35.5 Å². The monoisotopic (exact) mass is 310 g/mol. The van der Waals surface area contributed by atoms with Gasteiger partial charge in [-0.3, -0.25) is 0 Å². The number of rotatable bonds is 4. The highest BCUT2D eigenvalue weighted by Gasteiger charge is 2.15. The van der Waals surface area contributed by atoms with Crippen LogP contribution in [0.25, 0.3) is 0 Å². The molecule has 0 fully saturated rings. The van der Waals surface area contributed by atoms with Crippen LogP contribution in [0.3, 0.4) is 0 Å². The van der Waals surface area contributed by atoms with Gasteiger partial charge < -0.3 is 5.11 Å². The van der Waals surface area contributed by atoms with E-state index in [4.69, 9.17) is 11.6 Å². The smallest absolute Gasteiger partial charge is 0.337 e. The lowest BCUT2D eigenvalue weighted by atomic mass is 10.2. The van der Waals surface area contributed by atoms with Gasteiger partial charge in [-0.05, 0) is 36.6 Å². The minimum atomic E-state index is -0.908. The summed E-state index contributed by atoms with van der Waals surface area (Å²) in [5, 5.41) is 10.00. The molecule has 0 spiro atoms. The molecule has 0 heterocycles. The van der Waals surface area contributed by atoms with Crippen LogP contribution in [-0.4, -0.2) is 17.3 Å². The quantitative estimate of drug-likeness (QED) is 0.814. The van der Waals surface area contributed by atoms with E-state index in [1.807, 2.05) is 42.7 Å². The molecule has 0 aliphatic carbocycles. The number of carboxylic acid groups (broad SMARTS) is 1. The van der Waals surface area contributed by atoms with Crippen LogP contribution in [0.1, 0.15) is 10.4 Å². The van der Waals surface area contributed by atoms with Gasteiger partial charge in [0.05, 0.1) is 5.56 Å². The fraction of sp³-hybridized carbons (Fsp3) is 0.0714. The number of benzene rings is 2. The first-order chi connectivity index (χ1) is 9.11. The summed E-state index contributed by atoms with van der Waals surface area (Å²) < 4.78 is 0. The van der Waals surface area contributed by atoms with E-state index in [1.165, 1.54) is 23.5 Å². The average Bonchev–Trinajstić information content (AvgIpc) is 2.38. The molecule has 2 nitrogen and oxygen atoms in total. The molecular weight excluding hydrogens is 300 g/mol. The summed E-state index contributed by atoms with van der Waals surface area (Å²) in [6, 6.07) is 12.9. The van der Waals surface area contributed by atoms with Crippen LogP contribution in [0, 0.1) is 0 Å². The van der Waals surface area contributed by atoms with Gasteiger partial charge in [-0.25, -0.2) is 4.79 Å². The Morgan fingerprint density at radius 1 is 1.16 bits per heavy atom. The zero-order chi connectivity index (χ0) is 13.8.